The largest absolute Gasteiger partial charge is 0.468 e. The molecule has 2 rings (SSSR count). The number of carbonyl (C=O) groups is 5. The van der Waals surface area contributed by atoms with Gasteiger partial charge in [-0.1, -0.05) is 0 Å². The molecule has 13 heteroatoms. The minimum absolute atomic E-state index is 0.0518. The predicted octanol–water partition coefficient (Wildman–Crippen LogP) is 3.46. The van der Waals surface area contributed by atoms with E-state index in [1.54, 1.807) is 41.5 Å². The first-order valence-corrected chi connectivity index (χ1v) is 12.4. The molecule has 1 aliphatic rings. The molecule has 40 heavy (non-hydrogen) atoms. The van der Waals surface area contributed by atoms with Gasteiger partial charge in [-0.15, -0.1) is 0 Å². The Bertz CT molecular complexity index is 1130. The highest BCUT2D eigenvalue weighted by atomic mass is 19.1. The molecule has 0 spiro atoms. The summed E-state index contributed by atoms with van der Waals surface area (Å²) in [6.07, 6.45) is -2.63. The number of hydrogen-bond acceptors (Lipinski definition) is 10. The van der Waals surface area contributed by atoms with Crippen molar-refractivity contribution >= 4 is 29.8 Å². The Kier molecular flexibility index (Phi) is 10.0. The number of methoxy groups -OCH3 is 2. The van der Waals surface area contributed by atoms with Crippen molar-refractivity contribution in [3.05, 3.63) is 34.9 Å². The maximum Gasteiger partial charge on any atom is 0.410 e. The first-order valence-electron chi connectivity index (χ1n) is 12.4. The van der Waals surface area contributed by atoms with Crippen LogP contribution in [0.4, 0.5) is 13.6 Å². The molecule has 1 aliphatic heterocycles. The number of amides is 1. The third-order valence-electron chi connectivity index (χ3n) is 5.68. The first-order chi connectivity index (χ1) is 18.4. The van der Waals surface area contributed by atoms with Crippen LogP contribution in [0.25, 0.3) is 0 Å². The van der Waals surface area contributed by atoms with Crippen molar-refractivity contribution in [2.75, 3.05) is 33.9 Å². The molecule has 1 aromatic carbocycles. The van der Waals surface area contributed by atoms with Gasteiger partial charge in [-0.25, -0.2) is 18.4 Å². The van der Waals surface area contributed by atoms with E-state index in [2.05, 4.69) is 0 Å². The predicted molar refractivity (Wildman–Crippen MR) is 134 cm³/mol. The highest BCUT2D eigenvalue weighted by Gasteiger charge is 2.58. The summed E-state index contributed by atoms with van der Waals surface area (Å²) in [5.74, 6) is -8.65. The third kappa shape index (κ3) is 7.52. The van der Waals surface area contributed by atoms with Gasteiger partial charge in [0.2, 0.25) is 5.41 Å². The molecule has 1 atom stereocenters. The van der Waals surface area contributed by atoms with E-state index in [-0.39, 0.29) is 19.7 Å². The summed E-state index contributed by atoms with van der Waals surface area (Å²) in [5, 5.41) is 0. The molecule has 0 radical (unpaired) electrons. The van der Waals surface area contributed by atoms with Crippen LogP contribution in [0.1, 0.15) is 68.7 Å². The Labute approximate surface area is 231 Å². The summed E-state index contributed by atoms with van der Waals surface area (Å²) < 4.78 is 56.0. The van der Waals surface area contributed by atoms with Crippen LogP contribution in [-0.4, -0.2) is 85.9 Å². The molecule has 0 aromatic heterocycles. The lowest BCUT2D eigenvalue weighted by molar-refractivity contribution is -0.168. The second-order valence-electron chi connectivity index (χ2n) is 11.2. The fourth-order valence-corrected chi connectivity index (χ4v) is 4.01. The van der Waals surface area contributed by atoms with E-state index in [9.17, 15) is 24.0 Å². The van der Waals surface area contributed by atoms with Crippen LogP contribution in [0.3, 0.4) is 0 Å². The minimum Gasteiger partial charge on any atom is -0.468 e. The van der Waals surface area contributed by atoms with Crippen molar-refractivity contribution in [3.8, 4) is 0 Å². The smallest absolute Gasteiger partial charge is 0.410 e. The van der Waals surface area contributed by atoms with Gasteiger partial charge >= 0.3 is 24.0 Å². The number of rotatable bonds is 7. The Balaban J connectivity index is 2.54. The van der Waals surface area contributed by atoms with Gasteiger partial charge in [-0.2, -0.15) is 0 Å². The number of Topliss-reactive ketones (excluding diaryl/α,β-unsaturated/α-hetero) is 1. The second-order valence-corrected chi connectivity index (χ2v) is 11.2. The number of hydrogen-bond donors (Lipinski definition) is 0. The van der Waals surface area contributed by atoms with E-state index in [4.69, 9.17) is 23.7 Å². The summed E-state index contributed by atoms with van der Waals surface area (Å²) in [6, 6.07) is 1.12. The Morgan fingerprint density at radius 1 is 0.900 bits per heavy atom. The number of ketones is 1. The zero-order chi connectivity index (χ0) is 30.6. The zero-order valence-electron chi connectivity index (χ0n) is 23.8. The van der Waals surface area contributed by atoms with Crippen molar-refractivity contribution in [1.82, 2.24) is 4.90 Å². The van der Waals surface area contributed by atoms with Gasteiger partial charge in [0.1, 0.15) is 22.8 Å². The number of esters is 3. The molecule has 1 amide bonds. The van der Waals surface area contributed by atoms with E-state index in [1.807, 2.05) is 0 Å². The summed E-state index contributed by atoms with van der Waals surface area (Å²) in [7, 11) is 1.75. The number of ether oxygens (including phenoxy) is 5. The van der Waals surface area contributed by atoms with Crippen LogP contribution in [-0.2, 0) is 33.3 Å². The van der Waals surface area contributed by atoms with Crippen LogP contribution in [0.2, 0.25) is 0 Å². The van der Waals surface area contributed by atoms with Crippen LogP contribution in [0, 0.1) is 17.0 Å². The number of carbonyl (C=O) groups excluding carboxylic acids is 5. The molecular weight excluding hydrogens is 536 g/mol. The van der Waals surface area contributed by atoms with E-state index in [0.717, 1.165) is 14.2 Å². The van der Waals surface area contributed by atoms with E-state index in [1.165, 1.54) is 4.90 Å². The lowest BCUT2D eigenvalue weighted by Gasteiger charge is -2.37. The Hall–Kier alpha value is -3.61. The van der Waals surface area contributed by atoms with E-state index < -0.39 is 81.7 Å². The van der Waals surface area contributed by atoms with Gasteiger partial charge < -0.3 is 28.6 Å². The van der Waals surface area contributed by atoms with Gasteiger partial charge in [0.05, 0.1) is 44.6 Å². The average molecular weight is 572 g/mol. The molecule has 0 bridgehead atoms. The van der Waals surface area contributed by atoms with Gasteiger partial charge in [0, 0.05) is 13.0 Å². The molecule has 1 fully saturated rings. The van der Waals surface area contributed by atoms with Crippen molar-refractivity contribution in [2.45, 2.75) is 65.3 Å². The molecule has 1 aromatic rings. The molecule has 1 heterocycles. The summed E-state index contributed by atoms with van der Waals surface area (Å²) in [5.41, 5.74) is -6.52. The van der Waals surface area contributed by atoms with Crippen molar-refractivity contribution in [2.24, 2.45) is 5.41 Å². The minimum atomic E-state index is -2.92. The highest BCUT2D eigenvalue weighted by Crippen LogP contribution is 2.36. The summed E-state index contributed by atoms with van der Waals surface area (Å²) >= 11 is 0. The standard InChI is InChI=1S/C27H35F2NO10/c1-25(2,3)39-21(32)15-11-17(28)19(18(29)12-15)20(31)27(22(33)36-7,23(34)37-8)13-16-14-30(9-10-38-16)24(35)40-26(4,5)6/h11-12,16H,9-10,13-14H2,1-8H3. The van der Waals surface area contributed by atoms with Gasteiger partial charge in [0.15, 0.2) is 5.78 Å². The zero-order valence-corrected chi connectivity index (χ0v) is 23.8. The number of halogens is 2. The molecule has 0 saturated carbocycles. The van der Waals surface area contributed by atoms with Crippen LogP contribution in [0.5, 0.6) is 0 Å². The third-order valence-corrected chi connectivity index (χ3v) is 5.68. The van der Waals surface area contributed by atoms with Crippen molar-refractivity contribution in [1.29, 1.82) is 0 Å². The molecule has 0 N–H and O–H groups in total. The normalized spacial score (nSPS) is 16.1. The van der Waals surface area contributed by atoms with Gasteiger partial charge in [-0.3, -0.25) is 14.4 Å². The molecule has 0 aliphatic carbocycles. The topological polar surface area (TPSA) is 135 Å². The maximum absolute atomic E-state index is 15.3. The lowest BCUT2D eigenvalue weighted by atomic mass is 9.75. The van der Waals surface area contributed by atoms with Crippen LogP contribution >= 0.6 is 0 Å². The second kappa shape index (κ2) is 12.3. The number of morpholine rings is 1. The summed E-state index contributed by atoms with van der Waals surface area (Å²) in [6.45, 7) is 9.48. The van der Waals surface area contributed by atoms with Crippen LogP contribution in [0.15, 0.2) is 12.1 Å². The van der Waals surface area contributed by atoms with E-state index >= 15 is 8.78 Å². The van der Waals surface area contributed by atoms with Gasteiger partial charge in [-0.05, 0) is 53.7 Å². The Morgan fingerprint density at radius 3 is 1.85 bits per heavy atom. The quantitative estimate of drug-likeness (QED) is 0.207. The number of benzene rings is 1. The van der Waals surface area contributed by atoms with E-state index in [0.29, 0.717) is 12.1 Å². The Morgan fingerprint density at radius 2 is 1.40 bits per heavy atom. The molecular formula is C27H35F2NO10. The van der Waals surface area contributed by atoms with Crippen molar-refractivity contribution in [3.63, 3.8) is 0 Å². The summed E-state index contributed by atoms with van der Waals surface area (Å²) in [4.78, 5) is 66.0. The van der Waals surface area contributed by atoms with Crippen LogP contribution < -0.4 is 0 Å². The molecule has 1 unspecified atom stereocenters. The molecule has 1 saturated heterocycles. The number of nitrogens with zero attached hydrogens (tertiary/aromatic N) is 1. The lowest BCUT2D eigenvalue weighted by Crippen LogP contribution is -2.54. The van der Waals surface area contributed by atoms with Crippen molar-refractivity contribution < 1.29 is 56.4 Å². The van der Waals surface area contributed by atoms with Gasteiger partial charge in [0.25, 0.3) is 0 Å². The fraction of sp³-hybridized carbons (Fsp3) is 0.593. The highest BCUT2D eigenvalue weighted by molar-refractivity contribution is 6.25. The average Bonchev–Trinajstić information content (AvgIpc) is 2.83. The maximum atomic E-state index is 15.3. The first kappa shape index (κ1) is 32.6. The fourth-order valence-electron chi connectivity index (χ4n) is 4.01. The monoisotopic (exact) mass is 571 g/mol. The molecule has 222 valence electrons. The molecule has 11 nitrogen and oxygen atoms in total. The SMILES string of the molecule is COC(=O)C(CC1CN(C(=O)OC(C)(C)C)CCO1)(C(=O)OC)C(=O)c1c(F)cc(C(=O)OC(C)(C)C)cc1F.